The van der Waals surface area contributed by atoms with Crippen LogP contribution in [0.5, 0.6) is 0 Å². The van der Waals surface area contributed by atoms with E-state index in [0.29, 0.717) is 11.5 Å². The number of hydrogen-bond acceptors (Lipinski definition) is 4. The lowest BCUT2D eigenvalue weighted by Gasteiger charge is -2.30. The molecule has 19 heavy (non-hydrogen) atoms. The van der Waals surface area contributed by atoms with Gasteiger partial charge in [-0.05, 0) is 37.6 Å². The van der Waals surface area contributed by atoms with Crippen molar-refractivity contribution in [3.05, 3.63) is 24.2 Å². The molecule has 4 nitrogen and oxygen atoms in total. The first-order chi connectivity index (χ1) is 9.00. The van der Waals surface area contributed by atoms with Crippen LogP contribution in [0.4, 0.5) is 0 Å². The van der Waals surface area contributed by atoms with Gasteiger partial charge in [-0.2, -0.15) is 0 Å². The fourth-order valence-corrected chi connectivity index (χ4v) is 3.21. The fraction of sp³-hybridized carbons (Fsp3) is 0.733. The van der Waals surface area contributed by atoms with Crippen LogP contribution in [-0.2, 0) is 6.54 Å². The topological polar surface area (TPSA) is 45.6 Å². The molecule has 1 aliphatic rings. The van der Waals surface area contributed by atoms with Crippen molar-refractivity contribution in [1.29, 1.82) is 0 Å². The fourth-order valence-electron chi connectivity index (χ4n) is 3.21. The maximum Gasteiger partial charge on any atom is 0.117 e. The van der Waals surface area contributed by atoms with Gasteiger partial charge in [0.05, 0.1) is 12.8 Å². The van der Waals surface area contributed by atoms with Crippen molar-refractivity contribution >= 4 is 0 Å². The average Bonchev–Trinajstić information content (AvgIpc) is 2.75. The van der Waals surface area contributed by atoms with Gasteiger partial charge in [-0.3, -0.25) is 4.90 Å². The molecule has 1 atom stereocenters. The maximum absolute atomic E-state index is 5.76. The van der Waals surface area contributed by atoms with Crippen molar-refractivity contribution in [3.8, 4) is 0 Å². The van der Waals surface area contributed by atoms with Gasteiger partial charge < -0.3 is 15.1 Å². The predicted molar refractivity (Wildman–Crippen MR) is 77.9 cm³/mol. The van der Waals surface area contributed by atoms with Gasteiger partial charge in [-0.25, -0.2) is 0 Å². The second kappa shape index (κ2) is 6.07. The van der Waals surface area contributed by atoms with Crippen molar-refractivity contribution in [3.63, 3.8) is 0 Å². The number of nitrogens with zero attached hydrogens (tertiary/aromatic N) is 2. The molecule has 1 saturated heterocycles. The first kappa shape index (κ1) is 14.6. The van der Waals surface area contributed by atoms with Crippen molar-refractivity contribution < 1.29 is 4.42 Å². The number of nitrogens with two attached hydrogens (primary N) is 1. The molecule has 4 heteroatoms. The molecule has 1 unspecified atom stereocenters. The molecule has 0 amide bonds. The van der Waals surface area contributed by atoms with Crippen molar-refractivity contribution in [2.24, 2.45) is 11.1 Å². The van der Waals surface area contributed by atoms with E-state index in [1.54, 1.807) is 6.26 Å². The van der Waals surface area contributed by atoms with E-state index in [1.165, 1.54) is 0 Å². The second-order valence-electron chi connectivity index (χ2n) is 6.56. The maximum atomic E-state index is 5.76. The van der Waals surface area contributed by atoms with Crippen LogP contribution in [0.15, 0.2) is 22.8 Å². The Morgan fingerprint density at radius 2 is 2.21 bits per heavy atom. The lowest BCUT2D eigenvalue weighted by atomic mass is 9.92. The van der Waals surface area contributed by atoms with Gasteiger partial charge in [0, 0.05) is 25.7 Å². The summed E-state index contributed by atoms with van der Waals surface area (Å²) in [5, 5.41) is 0. The van der Waals surface area contributed by atoms with E-state index in [4.69, 9.17) is 10.2 Å². The van der Waals surface area contributed by atoms with E-state index in [-0.39, 0.29) is 0 Å². The van der Waals surface area contributed by atoms with E-state index >= 15 is 0 Å². The standard InChI is InChI=1S/C15H27N3O/c1-15(2)11-17(3)13(6-7-16)9-18(12-15)10-14-5-4-8-19-14/h4-5,8,13H,6-7,9-12,16H2,1-3H3. The number of likely N-dealkylation sites (N-methyl/N-ethyl adjacent to an activating group) is 1. The third-order valence-electron chi connectivity index (χ3n) is 3.88. The minimum absolute atomic E-state index is 0.296. The highest BCUT2D eigenvalue weighted by Crippen LogP contribution is 2.25. The summed E-state index contributed by atoms with van der Waals surface area (Å²) in [6.07, 6.45) is 2.81. The van der Waals surface area contributed by atoms with Crippen LogP contribution < -0.4 is 5.73 Å². The zero-order valence-corrected chi connectivity index (χ0v) is 12.4. The number of hydrogen-bond donors (Lipinski definition) is 1. The van der Waals surface area contributed by atoms with Crippen LogP contribution >= 0.6 is 0 Å². The van der Waals surface area contributed by atoms with Crippen molar-refractivity contribution in [2.45, 2.75) is 32.9 Å². The molecule has 1 aromatic rings. The minimum atomic E-state index is 0.296. The third kappa shape index (κ3) is 4.06. The Morgan fingerprint density at radius 1 is 1.42 bits per heavy atom. The zero-order chi connectivity index (χ0) is 13.9. The highest BCUT2D eigenvalue weighted by Gasteiger charge is 2.32. The van der Waals surface area contributed by atoms with Crippen molar-refractivity contribution in [2.75, 3.05) is 33.2 Å². The molecule has 2 rings (SSSR count). The predicted octanol–water partition coefficient (Wildman–Crippen LogP) is 1.77. The van der Waals surface area contributed by atoms with E-state index in [2.05, 4.69) is 36.8 Å². The molecule has 0 aromatic carbocycles. The van der Waals surface area contributed by atoms with Gasteiger partial charge in [0.25, 0.3) is 0 Å². The normalized spacial score (nSPS) is 25.4. The lowest BCUT2D eigenvalue weighted by Crippen LogP contribution is -2.40. The van der Waals surface area contributed by atoms with Gasteiger partial charge >= 0.3 is 0 Å². The first-order valence-electron chi connectivity index (χ1n) is 7.15. The van der Waals surface area contributed by atoms with Crippen LogP contribution in [0.3, 0.4) is 0 Å². The number of furan rings is 1. The molecular formula is C15H27N3O. The van der Waals surface area contributed by atoms with Gasteiger partial charge in [0.2, 0.25) is 0 Å². The molecule has 1 aromatic heterocycles. The van der Waals surface area contributed by atoms with Crippen LogP contribution in [0.25, 0.3) is 0 Å². The van der Waals surface area contributed by atoms with Crippen LogP contribution in [-0.4, -0.2) is 49.1 Å². The highest BCUT2D eigenvalue weighted by molar-refractivity contribution is 4.99. The van der Waals surface area contributed by atoms with Gasteiger partial charge in [-0.15, -0.1) is 0 Å². The Balaban J connectivity index is 2.07. The van der Waals surface area contributed by atoms with Crippen LogP contribution in [0.2, 0.25) is 0 Å². The van der Waals surface area contributed by atoms with E-state index in [9.17, 15) is 0 Å². The third-order valence-corrected chi connectivity index (χ3v) is 3.88. The smallest absolute Gasteiger partial charge is 0.117 e. The molecular weight excluding hydrogens is 238 g/mol. The molecule has 0 spiro atoms. The largest absolute Gasteiger partial charge is 0.468 e. The van der Waals surface area contributed by atoms with Crippen LogP contribution in [0.1, 0.15) is 26.0 Å². The molecule has 2 heterocycles. The summed E-state index contributed by atoms with van der Waals surface area (Å²) in [5.41, 5.74) is 6.05. The highest BCUT2D eigenvalue weighted by atomic mass is 16.3. The Labute approximate surface area is 116 Å². The Kier molecular flexibility index (Phi) is 4.66. The van der Waals surface area contributed by atoms with Gasteiger partial charge in [0.15, 0.2) is 0 Å². The van der Waals surface area contributed by atoms with E-state index in [0.717, 1.165) is 44.9 Å². The molecule has 1 fully saturated rings. The summed E-state index contributed by atoms with van der Waals surface area (Å²) in [6.45, 7) is 9.60. The molecule has 0 radical (unpaired) electrons. The quantitative estimate of drug-likeness (QED) is 0.901. The SMILES string of the molecule is CN1CC(C)(C)CN(Cc2ccco2)CC1CCN. The lowest BCUT2D eigenvalue weighted by molar-refractivity contribution is 0.181. The van der Waals surface area contributed by atoms with Gasteiger partial charge in [-0.1, -0.05) is 13.8 Å². The van der Waals surface area contributed by atoms with Crippen molar-refractivity contribution in [1.82, 2.24) is 9.80 Å². The second-order valence-corrected chi connectivity index (χ2v) is 6.56. The molecule has 0 saturated carbocycles. The zero-order valence-electron chi connectivity index (χ0n) is 12.4. The monoisotopic (exact) mass is 265 g/mol. The van der Waals surface area contributed by atoms with Gasteiger partial charge in [0.1, 0.15) is 5.76 Å². The summed E-state index contributed by atoms with van der Waals surface area (Å²) in [4.78, 5) is 4.97. The summed E-state index contributed by atoms with van der Waals surface area (Å²) < 4.78 is 5.49. The molecule has 1 aliphatic heterocycles. The average molecular weight is 265 g/mol. The van der Waals surface area contributed by atoms with E-state index < -0.39 is 0 Å². The summed E-state index contributed by atoms with van der Waals surface area (Å²) in [7, 11) is 2.22. The molecule has 108 valence electrons. The summed E-state index contributed by atoms with van der Waals surface area (Å²) in [5.74, 6) is 1.05. The Hall–Kier alpha value is -0.840. The molecule has 0 bridgehead atoms. The number of rotatable bonds is 4. The first-order valence-corrected chi connectivity index (χ1v) is 7.15. The minimum Gasteiger partial charge on any atom is -0.468 e. The summed E-state index contributed by atoms with van der Waals surface area (Å²) in [6, 6.07) is 4.56. The summed E-state index contributed by atoms with van der Waals surface area (Å²) >= 11 is 0. The van der Waals surface area contributed by atoms with Crippen LogP contribution in [0, 0.1) is 5.41 Å². The van der Waals surface area contributed by atoms with E-state index in [1.807, 2.05) is 6.07 Å². The Morgan fingerprint density at radius 3 is 2.84 bits per heavy atom. The Bertz CT molecular complexity index is 375. The molecule has 0 aliphatic carbocycles. The molecule has 2 N–H and O–H groups in total.